The Morgan fingerprint density at radius 1 is 1.31 bits per heavy atom. The first-order chi connectivity index (χ1) is 7.34. The molecule has 0 atom stereocenters. The van der Waals surface area contributed by atoms with Crippen LogP contribution >= 0.6 is 35.8 Å². The van der Waals surface area contributed by atoms with E-state index in [1.807, 2.05) is 12.1 Å². The van der Waals surface area contributed by atoms with E-state index in [1.165, 1.54) is 31.5 Å². The molecule has 0 aromatic heterocycles. The van der Waals surface area contributed by atoms with Gasteiger partial charge in [-0.05, 0) is 43.6 Å². The van der Waals surface area contributed by atoms with Crippen LogP contribution in [-0.2, 0) is 5.75 Å². The number of piperidine rings is 1. The fourth-order valence-corrected chi connectivity index (χ4v) is 3.19. The summed E-state index contributed by atoms with van der Waals surface area (Å²) in [6.45, 7) is 2.35. The highest BCUT2D eigenvalue weighted by Crippen LogP contribution is 2.25. The summed E-state index contributed by atoms with van der Waals surface area (Å²) in [7, 11) is 0. The predicted octanol–water partition coefficient (Wildman–Crippen LogP) is 3.75. The van der Waals surface area contributed by atoms with Crippen LogP contribution in [0.5, 0.6) is 0 Å². The van der Waals surface area contributed by atoms with Crippen molar-refractivity contribution in [2.24, 2.45) is 0 Å². The molecule has 1 aromatic carbocycles. The van der Waals surface area contributed by atoms with Gasteiger partial charge >= 0.3 is 0 Å². The number of hydrogen-bond donors (Lipinski definition) is 1. The molecule has 1 fully saturated rings. The lowest BCUT2D eigenvalue weighted by molar-refractivity contribution is 0.531. The molecular weight excluding hydrogens is 261 g/mol. The van der Waals surface area contributed by atoms with Crippen LogP contribution in [0.15, 0.2) is 24.3 Å². The van der Waals surface area contributed by atoms with Crippen molar-refractivity contribution in [2.45, 2.75) is 23.8 Å². The van der Waals surface area contributed by atoms with Crippen molar-refractivity contribution in [3.05, 3.63) is 34.9 Å². The van der Waals surface area contributed by atoms with Gasteiger partial charge in [-0.3, -0.25) is 0 Å². The van der Waals surface area contributed by atoms with Gasteiger partial charge in [0.1, 0.15) is 0 Å². The lowest BCUT2D eigenvalue weighted by Crippen LogP contribution is -2.29. The highest BCUT2D eigenvalue weighted by atomic mass is 35.5. The first kappa shape index (κ1) is 14.2. The number of benzene rings is 1. The molecule has 0 amide bonds. The monoisotopic (exact) mass is 277 g/mol. The molecule has 0 unspecified atom stereocenters. The minimum Gasteiger partial charge on any atom is -0.317 e. The molecule has 1 aliphatic rings. The Morgan fingerprint density at radius 3 is 2.75 bits per heavy atom. The maximum absolute atomic E-state index is 5.95. The largest absolute Gasteiger partial charge is 0.317 e. The molecule has 4 heteroatoms. The topological polar surface area (TPSA) is 12.0 Å². The standard InChI is InChI=1S/C12H16ClNS.ClH/c13-11-3-1-2-10(8-11)9-15-12-4-6-14-7-5-12;/h1-3,8,12,14H,4-7,9H2;1H. The molecule has 1 nitrogen and oxygen atoms in total. The summed E-state index contributed by atoms with van der Waals surface area (Å²) in [6, 6.07) is 8.18. The van der Waals surface area contributed by atoms with Crippen molar-refractivity contribution < 1.29 is 0 Å². The van der Waals surface area contributed by atoms with E-state index in [-0.39, 0.29) is 12.4 Å². The molecule has 1 aromatic rings. The SMILES string of the molecule is Cl.Clc1cccc(CSC2CCNCC2)c1. The minimum atomic E-state index is 0. The zero-order valence-corrected chi connectivity index (χ0v) is 11.5. The van der Waals surface area contributed by atoms with E-state index in [2.05, 4.69) is 29.2 Å². The van der Waals surface area contributed by atoms with Crippen LogP contribution in [0, 0.1) is 0 Å². The van der Waals surface area contributed by atoms with E-state index in [9.17, 15) is 0 Å². The lowest BCUT2D eigenvalue weighted by Gasteiger charge is -2.21. The van der Waals surface area contributed by atoms with Gasteiger partial charge in [0, 0.05) is 16.0 Å². The highest BCUT2D eigenvalue weighted by molar-refractivity contribution is 7.99. The number of hydrogen-bond acceptors (Lipinski definition) is 2. The van der Waals surface area contributed by atoms with Gasteiger partial charge in [-0.25, -0.2) is 0 Å². The Morgan fingerprint density at radius 2 is 2.06 bits per heavy atom. The number of halogens is 2. The lowest BCUT2D eigenvalue weighted by atomic mass is 10.2. The van der Waals surface area contributed by atoms with Gasteiger partial charge in [-0.2, -0.15) is 11.8 Å². The maximum atomic E-state index is 5.95. The van der Waals surface area contributed by atoms with Crippen molar-refractivity contribution >= 4 is 35.8 Å². The fourth-order valence-electron chi connectivity index (χ4n) is 1.80. The molecule has 90 valence electrons. The highest BCUT2D eigenvalue weighted by Gasteiger charge is 2.12. The fraction of sp³-hybridized carbons (Fsp3) is 0.500. The van der Waals surface area contributed by atoms with E-state index in [0.717, 1.165) is 16.0 Å². The quantitative estimate of drug-likeness (QED) is 0.903. The van der Waals surface area contributed by atoms with Crippen LogP contribution in [0.2, 0.25) is 5.02 Å². The van der Waals surface area contributed by atoms with Gasteiger partial charge in [0.25, 0.3) is 0 Å². The Labute approximate surface area is 113 Å². The van der Waals surface area contributed by atoms with Crippen LogP contribution in [0.4, 0.5) is 0 Å². The molecule has 0 saturated carbocycles. The minimum absolute atomic E-state index is 0. The normalized spacial score (nSPS) is 16.8. The second-order valence-corrected chi connectivity index (χ2v) is 5.62. The number of thioether (sulfide) groups is 1. The average molecular weight is 278 g/mol. The van der Waals surface area contributed by atoms with Gasteiger partial charge in [0.15, 0.2) is 0 Å². The molecule has 16 heavy (non-hydrogen) atoms. The molecule has 0 spiro atoms. The molecule has 1 aliphatic heterocycles. The summed E-state index contributed by atoms with van der Waals surface area (Å²) in [5.41, 5.74) is 1.34. The van der Waals surface area contributed by atoms with E-state index >= 15 is 0 Å². The Hall–Kier alpha value is 0.110. The van der Waals surface area contributed by atoms with Gasteiger partial charge in [-0.15, -0.1) is 12.4 Å². The first-order valence-electron chi connectivity index (χ1n) is 5.41. The van der Waals surface area contributed by atoms with Gasteiger partial charge in [0.2, 0.25) is 0 Å². The van der Waals surface area contributed by atoms with E-state index in [4.69, 9.17) is 11.6 Å². The predicted molar refractivity (Wildman–Crippen MR) is 75.9 cm³/mol. The molecule has 0 radical (unpaired) electrons. The number of nitrogens with one attached hydrogen (secondary N) is 1. The van der Waals surface area contributed by atoms with Crippen molar-refractivity contribution in [1.29, 1.82) is 0 Å². The zero-order valence-electron chi connectivity index (χ0n) is 9.12. The Bertz CT molecular complexity index is 314. The van der Waals surface area contributed by atoms with E-state index < -0.39 is 0 Å². The summed E-state index contributed by atoms with van der Waals surface area (Å²) in [5.74, 6) is 1.09. The van der Waals surface area contributed by atoms with E-state index in [1.54, 1.807) is 0 Å². The summed E-state index contributed by atoms with van der Waals surface area (Å²) >= 11 is 8.01. The van der Waals surface area contributed by atoms with Crippen molar-refractivity contribution in [3.63, 3.8) is 0 Å². The van der Waals surface area contributed by atoms with Crippen molar-refractivity contribution in [2.75, 3.05) is 13.1 Å². The van der Waals surface area contributed by atoms with Crippen LogP contribution in [-0.4, -0.2) is 18.3 Å². The third-order valence-corrected chi connectivity index (χ3v) is 4.34. The van der Waals surface area contributed by atoms with Crippen molar-refractivity contribution in [1.82, 2.24) is 5.32 Å². The van der Waals surface area contributed by atoms with Gasteiger partial charge in [0.05, 0.1) is 0 Å². The van der Waals surface area contributed by atoms with Crippen LogP contribution < -0.4 is 5.32 Å². The van der Waals surface area contributed by atoms with Gasteiger partial charge in [-0.1, -0.05) is 23.7 Å². The molecule has 0 aliphatic carbocycles. The second-order valence-electron chi connectivity index (χ2n) is 3.89. The second kappa shape index (κ2) is 7.44. The smallest absolute Gasteiger partial charge is 0.0409 e. The van der Waals surface area contributed by atoms with Gasteiger partial charge < -0.3 is 5.32 Å². The summed E-state index contributed by atoms with van der Waals surface area (Å²) in [5, 5.41) is 5.06. The third kappa shape index (κ3) is 4.54. The molecule has 1 N–H and O–H groups in total. The molecule has 1 heterocycles. The Kier molecular flexibility index (Phi) is 6.59. The molecule has 1 saturated heterocycles. The summed E-state index contributed by atoms with van der Waals surface area (Å²) < 4.78 is 0. The first-order valence-corrected chi connectivity index (χ1v) is 6.84. The Balaban J connectivity index is 0.00000128. The summed E-state index contributed by atoms with van der Waals surface area (Å²) in [6.07, 6.45) is 2.59. The molecule has 0 bridgehead atoms. The molecular formula is C12H17Cl2NS. The van der Waals surface area contributed by atoms with Crippen LogP contribution in [0.1, 0.15) is 18.4 Å². The third-order valence-electron chi connectivity index (χ3n) is 2.66. The number of rotatable bonds is 3. The van der Waals surface area contributed by atoms with E-state index in [0.29, 0.717) is 0 Å². The zero-order chi connectivity index (χ0) is 10.5. The van der Waals surface area contributed by atoms with Crippen LogP contribution in [0.3, 0.4) is 0 Å². The summed E-state index contributed by atoms with van der Waals surface area (Å²) in [4.78, 5) is 0. The maximum Gasteiger partial charge on any atom is 0.0409 e. The molecule has 2 rings (SSSR count). The average Bonchev–Trinajstić information content (AvgIpc) is 2.28. The van der Waals surface area contributed by atoms with Crippen molar-refractivity contribution in [3.8, 4) is 0 Å². The van der Waals surface area contributed by atoms with Crippen LogP contribution in [0.25, 0.3) is 0 Å².